The maximum Gasteiger partial charge on any atom is 0.194 e. The molecule has 0 aromatic carbocycles. The molecular weight excluding hydrogens is 196 g/mol. The second-order valence-electron chi connectivity index (χ2n) is 3.29. The van der Waals surface area contributed by atoms with Gasteiger partial charge < -0.3 is 5.11 Å². The van der Waals surface area contributed by atoms with Crippen LogP contribution in [-0.4, -0.2) is 21.1 Å². The molecular formula is C10H12N2OS. The monoisotopic (exact) mass is 208 g/mol. The number of aryl methyl sites for hydroxylation is 1. The molecule has 74 valence electrons. The van der Waals surface area contributed by atoms with Gasteiger partial charge in [-0.1, -0.05) is 0 Å². The predicted molar refractivity (Wildman–Crippen MR) is 58.5 cm³/mol. The van der Waals surface area contributed by atoms with Crippen molar-refractivity contribution < 1.29 is 5.11 Å². The Hall–Kier alpha value is -1.13. The Morgan fingerprint density at radius 3 is 3.21 bits per heavy atom. The zero-order valence-electron chi connectivity index (χ0n) is 8.19. The van der Waals surface area contributed by atoms with Gasteiger partial charge in [-0.15, -0.1) is 11.3 Å². The number of imidazole rings is 1. The van der Waals surface area contributed by atoms with Crippen LogP contribution in [0, 0.1) is 6.92 Å². The molecule has 2 heterocycles. The van der Waals surface area contributed by atoms with E-state index in [0.29, 0.717) is 0 Å². The first-order valence-electron chi connectivity index (χ1n) is 4.42. The third kappa shape index (κ3) is 1.47. The van der Waals surface area contributed by atoms with E-state index in [1.165, 1.54) is 0 Å². The van der Waals surface area contributed by atoms with Crippen molar-refractivity contribution in [3.63, 3.8) is 0 Å². The lowest BCUT2D eigenvalue weighted by molar-refractivity contribution is 0.332. The average Bonchev–Trinajstić information content (AvgIpc) is 2.70. The molecule has 0 aliphatic rings. The summed E-state index contributed by atoms with van der Waals surface area (Å²) in [7, 11) is 0. The number of nitrogens with zero attached hydrogens (tertiary/aromatic N) is 2. The second-order valence-corrected chi connectivity index (χ2v) is 4.16. The highest BCUT2D eigenvalue weighted by Gasteiger charge is 2.06. The Bertz CT molecular complexity index is 481. The van der Waals surface area contributed by atoms with Crippen LogP contribution >= 0.6 is 11.3 Å². The van der Waals surface area contributed by atoms with Crippen LogP contribution in [0.15, 0.2) is 17.2 Å². The van der Waals surface area contributed by atoms with Gasteiger partial charge in [-0.3, -0.25) is 4.40 Å². The van der Waals surface area contributed by atoms with Crippen LogP contribution in [0.5, 0.6) is 0 Å². The number of hydrogen-bond donors (Lipinski definition) is 1. The Balaban J connectivity index is 2.59. The number of thiazole rings is 1. The highest BCUT2D eigenvalue weighted by atomic mass is 32.1. The molecule has 2 rings (SSSR count). The van der Waals surface area contributed by atoms with E-state index in [-0.39, 0.29) is 6.61 Å². The molecule has 0 unspecified atom stereocenters. The van der Waals surface area contributed by atoms with Crippen molar-refractivity contribution >= 4 is 22.4 Å². The molecule has 0 saturated heterocycles. The van der Waals surface area contributed by atoms with E-state index in [4.69, 9.17) is 5.11 Å². The maximum atomic E-state index is 8.95. The van der Waals surface area contributed by atoms with Crippen LogP contribution in [0.3, 0.4) is 0 Å². The number of aliphatic hydroxyl groups excluding tert-OH is 1. The van der Waals surface area contributed by atoms with Gasteiger partial charge in [0.15, 0.2) is 4.96 Å². The van der Waals surface area contributed by atoms with Gasteiger partial charge in [-0.2, -0.15) is 0 Å². The zero-order chi connectivity index (χ0) is 10.1. The number of fused-ring (bicyclic) bond motifs is 1. The first-order valence-corrected chi connectivity index (χ1v) is 5.30. The third-order valence-electron chi connectivity index (χ3n) is 2.12. The molecule has 0 radical (unpaired) electrons. The molecule has 0 saturated carbocycles. The molecule has 3 nitrogen and oxygen atoms in total. The van der Waals surface area contributed by atoms with Gasteiger partial charge in [0.25, 0.3) is 0 Å². The van der Waals surface area contributed by atoms with Crippen LogP contribution in [0.4, 0.5) is 0 Å². The Morgan fingerprint density at radius 1 is 1.71 bits per heavy atom. The molecule has 0 amide bonds. The quantitative estimate of drug-likeness (QED) is 0.820. The summed E-state index contributed by atoms with van der Waals surface area (Å²) in [4.78, 5) is 5.42. The van der Waals surface area contributed by atoms with Gasteiger partial charge in [0.1, 0.15) is 0 Å². The van der Waals surface area contributed by atoms with E-state index in [1.807, 2.05) is 35.9 Å². The fourth-order valence-electron chi connectivity index (χ4n) is 1.36. The first kappa shape index (κ1) is 9.43. The Kier molecular flexibility index (Phi) is 2.39. The van der Waals surface area contributed by atoms with Crippen LogP contribution < -0.4 is 0 Å². The highest BCUT2D eigenvalue weighted by Crippen LogP contribution is 2.18. The molecule has 2 aromatic rings. The van der Waals surface area contributed by atoms with E-state index < -0.39 is 0 Å². The van der Waals surface area contributed by atoms with Crippen LogP contribution in [0.2, 0.25) is 0 Å². The number of hydrogen-bond acceptors (Lipinski definition) is 3. The van der Waals surface area contributed by atoms with E-state index >= 15 is 0 Å². The summed E-state index contributed by atoms with van der Waals surface area (Å²) in [6.45, 7) is 3.98. The molecule has 1 N–H and O–H groups in total. The minimum absolute atomic E-state index is 0.0941. The fraction of sp³-hybridized carbons (Fsp3) is 0.300. The molecule has 0 aliphatic carbocycles. The summed E-state index contributed by atoms with van der Waals surface area (Å²) in [6.07, 6.45) is 3.97. The Labute approximate surface area is 86.3 Å². The van der Waals surface area contributed by atoms with Crippen LogP contribution in [-0.2, 0) is 0 Å². The van der Waals surface area contributed by atoms with Crippen molar-refractivity contribution in [2.75, 3.05) is 6.61 Å². The summed E-state index contributed by atoms with van der Waals surface area (Å²) in [5, 5.41) is 11.0. The molecule has 2 aromatic heterocycles. The first-order chi connectivity index (χ1) is 6.72. The largest absolute Gasteiger partial charge is 0.392 e. The summed E-state index contributed by atoms with van der Waals surface area (Å²) in [5.74, 6) is 0. The number of aliphatic hydroxyl groups is 1. The van der Waals surface area contributed by atoms with E-state index in [1.54, 1.807) is 11.3 Å². The molecule has 0 bridgehead atoms. The molecule has 0 aliphatic heterocycles. The zero-order valence-corrected chi connectivity index (χ0v) is 9.01. The molecule has 14 heavy (non-hydrogen) atoms. The highest BCUT2D eigenvalue weighted by molar-refractivity contribution is 7.15. The minimum atomic E-state index is 0.0941. The van der Waals surface area contributed by atoms with Crippen molar-refractivity contribution in [3.05, 3.63) is 28.5 Å². The van der Waals surface area contributed by atoms with Gasteiger partial charge in [-0.05, 0) is 25.5 Å². The summed E-state index contributed by atoms with van der Waals surface area (Å²) in [5.41, 5.74) is 3.01. The lowest BCUT2D eigenvalue weighted by Crippen LogP contribution is -1.88. The summed E-state index contributed by atoms with van der Waals surface area (Å²) < 4.78 is 2.04. The topological polar surface area (TPSA) is 37.5 Å². The van der Waals surface area contributed by atoms with Crippen molar-refractivity contribution in [2.24, 2.45) is 0 Å². The Morgan fingerprint density at radius 2 is 2.50 bits per heavy atom. The van der Waals surface area contributed by atoms with Gasteiger partial charge in [0.05, 0.1) is 18.0 Å². The SMILES string of the molecule is CC(=Cc1c(C)nc2sccn12)CO. The third-order valence-corrected chi connectivity index (χ3v) is 2.87. The van der Waals surface area contributed by atoms with Crippen molar-refractivity contribution in [1.82, 2.24) is 9.38 Å². The molecule has 4 heteroatoms. The van der Waals surface area contributed by atoms with Crippen LogP contribution in [0.25, 0.3) is 11.0 Å². The van der Waals surface area contributed by atoms with E-state index in [2.05, 4.69) is 4.98 Å². The maximum absolute atomic E-state index is 8.95. The second kappa shape index (κ2) is 3.55. The van der Waals surface area contributed by atoms with Gasteiger partial charge in [0, 0.05) is 11.6 Å². The van der Waals surface area contributed by atoms with Gasteiger partial charge in [0.2, 0.25) is 0 Å². The molecule has 0 atom stereocenters. The summed E-state index contributed by atoms with van der Waals surface area (Å²) in [6, 6.07) is 0. The van der Waals surface area contributed by atoms with Crippen molar-refractivity contribution in [3.8, 4) is 0 Å². The average molecular weight is 208 g/mol. The van der Waals surface area contributed by atoms with E-state index in [9.17, 15) is 0 Å². The normalized spacial score (nSPS) is 12.6. The van der Waals surface area contributed by atoms with Gasteiger partial charge >= 0.3 is 0 Å². The summed E-state index contributed by atoms with van der Waals surface area (Å²) >= 11 is 1.62. The lowest BCUT2D eigenvalue weighted by atomic mass is 10.2. The minimum Gasteiger partial charge on any atom is -0.392 e. The number of rotatable bonds is 2. The lowest BCUT2D eigenvalue weighted by Gasteiger charge is -1.96. The molecule has 0 spiro atoms. The van der Waals surface area contributed by atoms with Crippen molar-refractivity contribution in [2.45, 2.75) is 13.8 Å². The smallest absolute Gasteiger partial charge is 0.194 e. The van der Waals surface area contributed by atoms with Gasteiger partial charge in [-0.25, -0.2) is 4.98 Å². The van der Waals surface area contributed by atoms with Crippen molar-refractivity contribution in [1.29, 1.82) is 0 Å². The standard InChI is InChI=1S/C10H12N2OS/c1-7(6-13)5-9-8(2)11-10-12(9)3-4-14-10/h3-5,13H,6H2,1-2H3. The molecule has 0 fully saturated rings. The number of aromatic nitrogens is 2. The van der Waals surface area contributed by atoms with E-state index in [0.717, 1.165) is 21.9 Å². The van der Waals surface area contributed by atoms with Crippen LogP contribution in [0.1, 0.15) is 18.3 Å². The predicted octanol–water partition coefficient (Wildman–Crippen LogP) is 2.10. The fourth-order valence-corrected chi connectivity index (χ4v) is 2.13.